The predicted molar refractivity (Wildman–Crippen MR) is 151 cm³/mol. The number of aromatic nitrogens is 2. The Hall–Kier alpha value is -3.22. The third kappa shape index (κ3) is 6.76. The minimum atomic E-state index is 0.0459. The van der Waals surface area contributed by atoms with Crippen molar-refractivity contribution in [3.05, 3.63) is 112 Å². The molecule has 0 bridgehead atoms. The molecule has 1 aliphatic heterocycles. The largest absolute Gasteiger partial charge is 0.356 e. The van der Waals surface area contributed by atoms with Crippen molar-refractivity contribution in [3.8, 4) is 0 Å². The molecule has 5 rings (SSSR count). The second-order valence-corrected chi connectivity index (χ2v) is 10.7. The number of piperidine rings is 1. The zero-order valence-corrected chi connectivity index (χ0v) is 22.3. The van der Waals surface area contributed by atoms with E-state index in [2.05, 4.69) is 63.1 Å². The summed E-state index contributed by atoms with van der Waals surface area (Å²) in [5.74, 6) is 1.31. The third-order valence-corrected chi connectivity index (χ3v) is 8.07. The van der Waals surface area contributed by atoms with E-state index in [1.807, 2.05) is 36.4 Å². The van der Waals surface area contributed by atoms with E-state index in [9.17, 15) is 4.79 Å². The van der Waals surface area contributed by atoms with Gasteiger partial charge in [0.25, 0.3) is 0 Å². The van der Waals surface area contributed by atoms with Gasteiger partial charge in [0.2, 0.25) is 11.0 Å². The number of carbonyl (C=O) groups excluding carboxylic acids is 1. The van der Waals surface area contributed by atoms with Gasteiger partial charge in [-0.3, -0.25) is 4.79 Å². The van der Waals surface area contributed by atoms with Crippen molar-refractivity contribution < 1.29 is 4.79 Å². The van der Waals surface area contributed by atoms with Crippen LogP contribution in [0.25, 0.3) is 0 Å². The van der Waals surface area contributed by atoms with Crippen LogP contribution in [0.5, 0.6) is 0 Å². The highest BCUT2D eigenvalue weighted by atomic mass is 35.5. The molecule has 0 saturated carbocycles. The lowest BCUT2D eigenvalue weighted by molar-refractivity contribution is -0.125. The fourth-order valence-electron chi connectivity index (χ4n) is 4.94. The smallest absolute Gasteiger partial charge is 0.223 e. The molecule has 3 aromatic carbocycles. The highest BCUT2D eigenvalue weighted by Gasteiger charge is 2.27. The monoisotopic (exact) mass is 530 g/mol. The van der Waals surface area contributed by atoms with Gasteiger partial charge in [0.15, 0.2) is 0 Å². The molecule has 7 heteroatoms. The normalized spacial score (nSPS) is 14.2. The molecule has 0 aliphatic carbocycles. The fraction of sp³-hybridized carbons (Fsp3) is 0.300. The maximum atomic E-state index is 13.0. The SMILES string of the molecule is O=C(NCCC(c1ccccc1)c1ccccc1)C1CCN(c2nc(Cc3ccc(Cl)cc3)ns2)CC1. The van der Waals surface area contributed by atoms with Crippen LogP contribution in [-0.4, -0.2) is 34.9 Å². The standard InChI is InChI=1S/C30H31ClN4OS/c31-26-13-11-22(12-14-26)21-28-33-30(37-34-28)35-19-16-25(17-20-35)29(36)32-18-15-27(23-7-3-1-4-8-23)24-9-5-2-6-10-24/h1-14,25,27H,15-21H2,(H,32,36). The van der Waals surface area contributed by atoms with Crippen molar-refractivity contribution in [2.45, 2.75) is 31.6 Å². The lowest BCUT2D eigenvalue weighted by Crippen LogP contribution is -2.41. The minimum Gasteiger partial charge on any atom is -0.356 e. The summed E-state index contributed by atoms with van der Waals surface area (Å²) >= 11 is 7.42. The lowest BCUT2D eigenvalue weighted by Gasteiger charge is -2.30. The van der Waals surface area contributed by atoms with E-state index in [0.29, 0.717) is 13.0 Å². The molecule has 1 amide bonds. The van der Waals surface area contributed by atoms with Crippen molar-refractivity contribution in [2.24, 2.45) is 5.92 Å². The van der Waals surface area contributed by atoms with Crippen LogP contribution >= 0.6 is 23.1 Å². The Morgan fingerprint density at radius 1 is 0.946 bits per heavy atom. The number of halogens is 1. The number of anilines is 1. The second-order valence-electron chi connectivity index (χ2n) is 9.51. The van der Waals surface area contributed by atoms with Gasteiger partial charge in [-0.15, -0.1) is 0 Å². The van der Waals surface area contributed by atoms with Gasteiger partial charge in [0.1, 0.15) is 5.82 Å². The van der Waals surface area contributed by atoms with Crippen LogP contribution in [0.2, 0.25) is 5.02 Å². The molecule has 1 N–H and O–H groups in total. The van der Waals surface area contributed by atoms with E-state index in [0.717, 1.165) is 53.9 Å². The maximum absolute atomic E-state index is 13.0. The first kappa shape index (κ1) is 25.4. The lowest BCUT2D eigenvalue weighted by atomic mass is 9.88. The summed E-state index contributed by atoms with van der Waals surface area (Å²) in [4.78, 5) is 20.0. The molecule has 0 atom stereocenters. The number of amides is 1. The average molecular weight is 531 g/mol. The van der Waals surface area contributed by atoms with Crippen LogP contribution in [-0.2, 0) is 11.2 Å². The summed E-state index contributed by atoms with van der Waals surface area (Å²) in [5, 5.41) is 4.89. The molecule has 5 nitrogen and oxygen atoms in total. The van der Waals surface area contributed by atoms with Crippen LogP contribution in [0.3, 0.4) is 0 Å². The van der Waals surface area contributed by atoms with Crippen molar-refractivity contribution >= 4 is 34.2 Å². The first-order valence-corrected chi connectivity index (χ1v) is 14.0. The molecule has 4 aromatic rings. The second kappa shape index (κ2) is 12.3. The van der Waals surface area contributed by atoms with Crippen molar-refractivity contribution in [1.29, 1.82) is 0 Å². The Balaban J connectivity index is 1.10. The van der Waals surface area contributed by atoms with Gasteiger partial charge in [-0.05, 0) is 48.1 Å². The maximum Gasteiger partial charge on any atom is 0.223 e. The summed E-state index contributed by atoms with van der Waals surface area (Å²) < 4.78 is 4.55. The number of hydrogen-bond donors (Lipinski definition) is 1. The van der Waals surface area contributed by atoms with Crippen molar-refractivity contribution in [2.75, 3.05) is 24.5 Å². The van der Waals surface area contributed by atoms with Crippen LogP contribution in [0.4, 0.5) is 5.13 Å². The van der Waals surface area contributed by atoms with Crippen LogP contribution in [0, 0.1) is 5.92 Å². The third-order valence-electron chi connectivity index (χ3n) is 7.01. The van der Waals surface area contributed by atoms with Gasteiger partial charge in [-0.1, -0.05) is 84.4 Å². The number of rotatable bonds is 9. The Kier molecular flexibility index (Phi) is 8.49. The van der Waals surface area contributed by atoms with Gasteiger partial charge in [-0.2, -0.15) is 4.37 Å². The summed E-state index contributed by atoms with van der Waals surface area (Å²) in [6, 6.07) is 28.9. The van der Waals surface area contributed by atoms with Gasteiger partial charge >= 0.3 is 0 Å². The molecule has 1 aliphatic rings. The molecule has 0 unspecified atom stereocenters. The molecule has 190 valence electrons. The van der Waals surface area contributed by atoms with E-state index in [1.165, 1.54) is 22.7 Å². The highest BCUT2D eigenvalue weighted by molar-refractivity contribution is 7.09. The molecule has 1 fully saturated rings. The first-order chi connectivity index (χ1) is 18.2. The average Bonchev–Trinajstić information content (AvgIpc) is 3.42. The molecule has 1 saturated heterocycles. The van der Waals surface area contributed by atoms with Gasteiger partial charge in [0.05, 0.1) is 0 Å². The van der Waals surface area contributed by atoms with Gasteiger partial charge < -0.3 is 10.2 Å². The summed E-state index contributed by atoms with van der Waals surface area (Å²) in [7, 11) is 0. The molecule has 0 spiro atoms. The number of hydrogen-bond acceptors (Lipinski definition) is 5. The number of carbonyl (C=O) groups is 1. The summed E-state index contributed by atoms with van der Waals surface area (Å²) in [6.45, 7) is 2.31. The van der Waals surface area contributed by atoms with E-state index in [4.69, 9.17) is 16.6 Å². The molecule has 0 radical (unpaired) electrons. The van der Waals surface area contributed by atoms with Gasteiger partial charge in [-0.25, -0.2) is 4.98 Å². The quantitative estimate of drug-likeness (QED) is 0.274. The zero-order chi connectivity index (χ0) is 25.5. The first-order valence-electron chi connectivity index (χ1n) is 12.9. The number of benzene rings is 3. The summed E-state index contributed by atoms with van der Waals surface area (Å²) in [6.07, 6.45) is 3.23. The molecule has 1 aromatic heterocycles. The van der Waals surface area contributed by atoms with Crippen molar-refractivity contribution in [1.82, 2.24) is 14.7 Å². The van der Waals surface area contributed by atoms with Crippen LogP contribution in [0.15, 0.2) is 84.9 Å². The van der Waals surface area contributed by atoms with Crippen molar-refractivity contribution in [3.63, 3.8) is 0 Å². The topological polar surface area (TPSA) is 58.1 Å². The zero-order valence-electron chi connectivity index (χ0n) is 20.7. The van der Waals surface area contributed by atoms with E-state index < -0.39 is 0 Å². The Labute approximate surface area is 227 Å². The number of nitrogens with zero attached hydrogens (tertiary/aromatic N) is 3. The number of nitrogens with one attached hydrogen (secondary N) is 1. The molecular weight excluding hydrogens is 500 g/mol. The Bertz CT molecular complexity index is 1230. The fourth-order valence-corrected chi connectivity index (χ4v) is 5.81. The Morgan fingerprint density at radius 2 is 1.57 bits per heavy atom. The molecule has 37 heavy (non-hydrogen) atoms. The molecule has 2 heterocycles. The highest BCUT2D eigenvalue weighted by Crippen LogP contribution is 2.28. The summed E-state index contributed by atoms with van der Waals surface area (Å²) in [5.41, 5.74) is 3.71. The predicted octanol–water partition coefficient (Wildman–Crippen LogP) is 6.34. The van der Waals surface area contributed by atoms with E-state index in [-0.39, 0.29) is 17.7 Å². The van der Waals surface area contributed by atoms with Gasteiger partial charge in [0, 0.05) is 54.4 Å². The molecular formula is C30H31ClN4OS. The van der Waals surface area contributed by atoms with Crippen LogP contribution in [0.1, 0.15) is 47.7 Å². The van der Waals surface area contributed by atoms with E-state index in [1.54, 1.807) is 0 Å². The Morgan fingerprint density at radius 3 is 2.19 bits per heavy atom. The van der Waals surface area contributed by atoms with Crippen LogP contribution < -0.4 is 10.2 Å². The van der Waals surface area contributed by atoms with E-state index >= 15 is 0 Å². The minimum absolute atomic E-state index is 0.0459.